The summed E-state index contributed by atoms with van der Waals surface area (Å²) >= 11 is 0. The lowest BCUT2D eigenvalue weighted by molar-refractivity contribution is 0.106. The lowest BCUT2D eigenvalue weighted by Gasteiger charge is -2.26. The summed E-state index contributed by atoms with van der Waals surface area (Å²) in [5, 5.41) is 0. The fraction of sp³-hybridized carbons (Fsp3) is 0.486. The number of hydrogen-bond acceptors (Lipinski definition) is 2. The van der Waals surface area contributed by atoms with Gasteiger partial charge in [-0.15, -0.1) is 0 Å². The van der Waals surface area contributed by atoms with Crippen molar-refractivity contribution in [3.63, 3.8) is 0 Å². The van der Waals surface area contributed by atoms with Crippen LogP contribution in [0.15, 0.2) is 66.7 Å². The van der Waals surface area contributed by atoms with Crippen LogP contribution >= 0.6 is 0 Å². The number of aryl methyl sites for hydroxylation is 1. The largest absolute Gasteiger partial charge is 0.380 e. The molecule has 3 aromatic carbocycles. The van der Waals surface area contributed by atoms with Crippen molar-refractivity contribution in [3.8, 4) is 0 Å². The molecule has 0 heterocycles. The van der Waals surface area contributed by atoms with Gasteiger partial charge in [0.1, 0.15) is 0 Å². The van der Waals surface area contributed by atoms with Gasteiger partial charge in [0.2, 0.25) is 0 Å². The van der Waals surface area contributed by atoms with Gasteiger partial charge in [0.15, 0.2) is 0 Å². The third-order valence-electron chi connectivity index (χ3n) is 7.39. The molecule has 0 amide bonds. The van der Waals surface area contributed by atoms with Crippen LogP contribution in [0.1, 0.15) is 101 Å². The molecule has 0 saturated heterocycles. The molecule has 0 radical (unpaired) electrons. The summed E-state index contributed by atoms with van der Waals surface area (Å²) in [7, 11) is 1.74. The second-order valence-corrected chi connectivity index (χ2v) is 13.2. The summed E-state index contributed by atoms with van der Waals surface area (Å²) in [6, 6.07) is 24.7. The van der Waals surface area contributed by atoms with Crippen LogP contribution in [0, 0.1) is 0 Å². The van der Waals surface area contributed by atoms with Gasteiger partial charge in [-0.3, -0.25) is 0 Å². The molecule has 2 nitrogen and oxygen atoms in total. The Hall–Kier alpha value is -2.42. The Morgan fingerprint density at radius 1 is 0.595 bits per heavy atom. The van der Waals surface area contributed by atoms with Crippen LogP contribution in [0.4, 0.5) is 0 Å². The maximum atomic E-state index is 6.18. The Morgan fingerprint density at radius 3 is 1.89 bits per heavy atom. The molecule has 0 aliphatic heterocycles. The van der Waals surface area contributed by atoms with E-state index in [0.29, 0.717) is 19.8 Å². The van der Waals surface area contributed by atoms with Crippen LogP contribution in [-0.4, -0.2) is 7.11 Å². The SMILES string of the molecule is COCc1ccc(COCc2ccc(C(C)(C)CCc3cccc(C(C)(C)C)c3)cc2)c(C(C)(C)C)c1. The zero-order chi connectivity index (χ0) is 27.3. The monoisotopic (exact) mass is 500 g/mol. The quantitative estimate of drug-likeness (QED) is 0.276. The minimum atomic E-state index is 0.0593. The van der Waals surface area contributed by atoms with Crippen molar-refractivity contribution >= 4 is 0 Å². The first-order valence-corrected chi connectivity index (χ1v) is 13.7. The smallest absolute Gasteiger partial charge is 0.0724 e. The molecule has 0 saturated carbocycles. The summed E-state index contributed by atoms with van der Waals surface area (Å²) in [6.45, 7) is 20.2. The average molecular weight is 501 g/mol. The predicted molar refractivity (Wildman–Crippen MR) is 157 cm³/mol. The van der Waals surface area contributed by atoms with E-state index < -0.39 is 0 Å². The van der Waals surface area contributed by atoms with Gasteiger partial charge in [-0.1, -0.05) is 122 Å². The first-order chi connectivity index (χ1) is 17.3. The fourth-order valence-electron chi connectivity index (χ4n) is 4.83. The van der Waals surface area contributed by atoms with E-state index in [1.54, 1.807) is 7.11 Å². The molecule has 200 valence electrons. The third kappa shape index (κ3) is 8.28. The van der Waals surface area contributed by atoms with Gasteiger partial charge in [-0.2, -0.15) is 0 Å². The topological polar surface area (TPSA) is 18.5 Å². The van der Waals surface area contributed by atoms with Gasteiger partial charge in [0.25, 0.3) is 0 Å². The van der Waals surface area contributed by atoms with Crippen LogP contribution in [-0.2, 0) is 52.0 Å². The highest BCUT2D eigenvalue weighted by Gasteiger charge is 2.22. The number of methoxy groups -OCH3 is 1. The first-order valence-electron chi connectivity index (χ1n) is 13.7. The molecule has 0 bridgehead atoms. The second kappa shape index (κ2) is 12.0. The van der Waals surface area contributed by atoms with E-state index in [1.807, 2.05) is 0 Å². The lowest BCUT2D eigenvalue weighted by Crippen LogP contribution is -2.18. The summed E-state index contributed by atoms with van der Waals surface area (Å²) < 4.78 is 11.5. The number of benzene rings is 3. The zero-order valence-corrected chi connectivity index (χ0v) is 24.7. The molecule has 2 heteroatoms. The molecule has 0 aliphatic rings. The van der Waals surface area contributed by atoms with E-state index in [9.17, 15) is 0 Å². The summed E-state index contributed by atoms with van der Waals surface area (Å²) in [4.78, 5) is 0. The van der Waals surface area contributed by atoms with Crippen molar-refractivity contribution in [3.05, 3.63) is 106 Å². The Labute approximate surface area is 226 Å². The van der Waals surface area contributed by atoms with Crippen molar-refractivity contribution in [2.45, 2.75) is 104 Å². The number of hydrogen-bond donors (Lipinski definition) is 0. The Balaban J connectivity index is 1.59. The average Bonchev–Trinajstić information content (AvgIpc) is 2.83. The van der Waals surface area contributed by atoms with Crippen molar-refractivity contribution in [2.75, 3.05) is 7.11 Å². The summed E-state index contributed by atoms with van der Waals surface area (Å²) in [5.74, 6) is 0. The standard InChI is InChI=1S/C35H48O2/c1-33(2,3)31-12-10-11-26(21-31)19-20-35(7,8)30-17-14-27(15-18-30)24-37-25-29-16-13-28(23-36-9)22-32(29)34(4,5)6/h10-18,21-22H,19-20,23-25H2,1-9H3. The highest BCUT2D eigenvalue weighted by molar-refractivity contribution is 5.36. The minimum absolute atomic E-state index is 0.0593. The second-order valence-electron chi connectivity index (χ2n) is 13.2. The zero-order valence-electron chi connectivity index (χ0n) is 24.7. The van der Waals surface area contributed by atoms with Gasteiger partial charge < -0.3 is 9.47 Å². The third-order valence-corrected chi connectivity index (χ3v) is 7.39. The minimum Gasteiger partial charge on any atom is -0.380 e. The predicted octanol–water partition coefficient (Wildman–Crippen LogP) is 9.06. The maximum absolute atomic E-state index is 6.18. The molecule has 0 atom stereocenters. The van der Waals surface area contributed by atoms with Gasteiger partial charge >= 0.3 is 0 Å². The highest BCUT2D eigenvalue weighted by atomic mass is 16.5. The molecule has 0 aliphatic carbocycles. The van der Waals surface area contributed by atoms with Gasteiger partial charge in [-0.05, 0) is 68.0 Å². The molecule has 0 N–H and O–H groups in total. The van der Waals surface area contributed by atoms with E-state index in [4.69, 9.17) is 9.47 Å². The molecule has 0 fully saturated rings. The van der Waals surface area contributed by atoms with Gasteiger partial charge in [0, 0.05) is 7.11 Å². The van der Waals surface area contributed by atoms with Crippen LogP contribution in [0.2, 0.25) is 0 Å². The van der Waals surface area contributed by atoms with E-state index in [0.717, 1.165) is 12.8 Å². The van der Waals surface area contributed by atoms with Crippen molar-refractivity contribution < 1.29 is 9.47 Å². The maximum Gasteiger partial charge on any atom is 0.0724 e. The van der Waals surface area contributed by atoms with E-state index in [-0.39, 0.29) is 16.2 Å². The van der Waals surface area contributed by atoms with Gasteiger partial charge in [0.05, 0.1) is 19.8 Å². The fourth-order valence-corrected chi connectivity index (χ4v) is 4.83. The normalized spacial score (nSPS) is 12.7. The van der Waals surface area contributed by atoms with E-state index in [1.165, 1.54) is 38.9 Å². The Kier molecular flexibility index (Phi) is 9.42. The summed E-state index contributed by atoms with van der Waals surface area (Å²) in [5.41, 5.74) is 9.57. The molecule has 0 spiro atoms. The number of ether oxygens (including phenoxy) is 2. The molecule has 3 aromatic rings. The van der Waals surface area contributed by atoms with Gasteiger partial charge in [-0.25, -0.2) is 0 Å². The molecule has 37 heavy (non-hydrogen) atoms. The van der Waals surface area contributed by atoms with E-state index in [2.05, 4.69) is 122 Å². The highest BCUT2D eigenvalue weighted by Crippen LogP contribution is 2.31. The van der Waals surface area contributed by atoms with Crippen LogP contribution in [0.25, 0.3) is 0 Å². The first kappa shape index (κ1) is 29.1. The lowest BCUT2D eigenvalue weighted by atomic mass is 9.79. The van der Waals surface area contributed by atoms with Crippen LogP contribution < -0.4 is 0 Å². The number of rotatable bonds is 10. The van der Waals surface area contributed by atoms with Crippen LogP contribution in [0.3, 0.4) is 0 Å². The molecule has 3 rings (SSSR count). The molecular formula is C35H48O2. The van der Waals surface area contributed by atoms with Crippen LogP contribution in [0.5, 0.6) is 0 Å². The van der Waals surface area contributed by atoms with Crippen molar-refractivity contribution in [1.82, 2.24) is 0 Å². The molecule has 0 unspecified atom stereocenters. The summed E-state index contributed by atoms with van der Waals surface area (Å²) in [6.07, 6.45) is 2.20. The molecule has 0 aromatic heterocycles. The van der Waals surface area contributed by atoms with Crippen molar-refractivity contribution in [2.24, 2.45) is 0 Å². The van der Waals surface area contributed by atoms with E-state index >= 15 is 0 Å². The Bertz CT molecular complexity index is 1140. The van der Waals surface area contributed by atoms with Crippen molar-refractivity contribution in [1.29, 1.82) is 0 Å². The Morgan fingerprint density at radius 2 is 1.27 bits per heavy atom. The molecular weight excluding hydrogens is 452 g/mol.